The van der Waals surface area contributed by atoms with Gasteiger partial charge < -0.3 is 9.84 Å². The number of rotatable bonds is 5. The van der Waals surface area contributed by atoms with Crippen LogP contribution in [0.2, 0.25) is 0 Å². The van der Waals surface area contributed by atoms with Crippen molar-refractivity contribution in [1.82, 2.24) is 15.5 Å². The first kappa shape index (κ1) is 16.1. The van der Waals surface area contributed by atoms with Gasteiger partial charge in [-0.15, -0.1) is 11.8 Å². The van der Waals surface area contributed by atoms with Gasteiger partial charge >= 0.3 is 0 Å². The lowest BCUT2D eigenvalue weighted by atomic mass is 9.96. The van der Waals surface area contributed by atoms with Crippen LogP contribution in [0.5, 0.6) is 0 Å². The van der Waals surface area contributed by atoms with Crippen molar-refractivity contribution in [3.8, 4) is 0 Å². The lowest BCUT2D eigenvalue weighted by molar-refractivity contribution is -0.120. The number of benzene rings is 1. The number of carbonyl (C=O) groups excluding carboxylic acids is 1. The summed E-state index contributed by atoms with van der Waals surface area (Å²) in [6.45, 7) is 3.83. The first-order chi connectivity index (χ1) is 11.1. The van der Waals surface area contributed by atoms with Crippen molar-refractivity contribution in [3.63, 3.8) is 0 Å². The van der Waals surface area contributed by atoms with E-state index in [-0.39, 0.29) is 5.91 Å². The lowest BCUT2D eigenvalue weighted by Gasteiger charge is -2.26. The van der Waals surface area contributed by atoms with Gasteiger partial charge in [0.1, 0.15) is 5.54 Å². The van der Waals surface area contributed by atoms with E-state index in [1.54, 1.807) is 18.7 Å². The number of aromatic nitrogens is 2. The van der Waals surface area contributed by atoms with E-state index in [4.69, 9.17) is 4.52 Å². The SMILES string of the molecule is Cc1nc(C2(NC(=O)CSc3ccccc3C)CCCC2)no1. The summed E-state index contributed by atoms with van der Waals surface area (Å²) in [6.07, 6.45) is 3.87. The summed E-state index contributed by atoms with van der Waals surface area (Å²) in [6, 6.07) is 8.10. The van der Waals surface area contributed by atoms with E-state index in [9.17, 15) is 4.79 Å². The molecule has 0 spiro atoms. The average Bonchev–Trinajstić information content (AvgIpc) is 3.16. The Hall–Kier alpha value is -1.82. The van der Waals surface area contributed by atoms with Gasteiger partial charge in [0.15, 0.2) is 5.82 Å². The van der Waals surface area contributed by atoms with Crippen molar-refractivity contribution >= 4 is 17.7 Å². The molecular formula is C17H21N3O2S. The third-order valence-electron chi connectivity index (χ3n) is 4.24. The minimum Gasteiger partial charge on any atom is -0.342 e. The monoisotopic (exact) mass is 331 g/mol. The van der Waals surface area contributed by atoms with Gasteiger partial charge in [0, 0.05) is 11.8 Å². The first-order valence-electron chi connectivity index (χ1n) is 7.89. The molecular weight excluding hydrogens is 310 g/mol. The number of hydrogen-bond acceptors (Lipinski definition) is 5. The minimum atomic E-state index is -0.457. The number of aryl methyl sites for hydroxylation is 2. The number of nitrogens with zero attached hydrogens (tertiary/aromatic N) is 2. The lowest BCUT2D eigenvalue weighted by Crippen LogP contribution is -2.45. The summed E-state index contributed by atoms with van der Waals surface area (Å²) in [5.74, 6) is 1.56. The Balaban J connectivity index is 1.66. The predicted molar refractivity (Wildman–Crippen MR) is 89.2 cm³/mol. The number of carbonyl (C=O) groups is 1. The zero-order valence-corrected chi connectivity index (χ0v) is 14.3. The van der Waals surface area contributed by atoms with E-state index >= 15 is 0 Å². The molecule has 122 valence electrons. The molecule has 3 rings (SSSR count). The maximum Gasteiger partial charge on any atom is 0.231 e. The molecule has 0 atom stereocenters. The molecule has 23 heavy (non-hydrogen) atoms. The largest absolute Gasteiger partial charge is 0.342 e. The Kier molecular flexibility index (Phi) is 4.71. The van der Waals surface area contributed by atoms with E-state index in [1.165, 1.54) is 5.56 Å². The second kappa shape index (κ2) is 6.74. The summed E-state index contributed by atoms with van der Waals surface area (Å²) in [4.78, 5) is 17.9. The fourth-order valence-corrected chi connectivity index (χ4v) is 3.87. The van der Waals surface area contributed by atoms with E-state index in [0.717, 1.165) is 30.6 Å². The molecule has 1 fully saturated rings. The molecule has 1 aromatic carbocycles. The van der Waals surface area contributed by atoms with Crippen LogP contribution in [0.25, 0.3) is 0 Å². The third-order valence-corrected chi connectivity index (χ3v) is 5.42. The Morgan fingerprint density at radius 1 is 1.30 bits per heavy atom. The highest BCUT2D eigenvalue weighted by atomic mass is 32.2. The summed E-state index contributed by atoms with van der Waals surface area (Å²) >= 11 is 1.56. The summed E-state index contributed by atoms with van der Waals surface area (Å²) < 4.78 is 5.11. The highest BCUT2D eigenvalue weighted by Gasteiger charge is 2.41. The van der Waals surface area contributed by atoms with Crippen LogP contribution in [0, 0.1) is 13.8 Å². The Morgan fingerprint density at radius 3 is 2.70 bits per heavy atom. The van der Waals surface area contributed by atoms with Crippen molar-refractivity contribution in [2.24, 2.45) is 0 Å². The molecule has 0 unspecified atom stereocenters. The number of nitrogens with one attached hydrogen (secondary N) is 1. The van der Waals surface area contributed by atoms with Crippen LogP contribution in [0.1, 0.15) is 43.0 Å². The molecule has 0 saturated heterocycles. The predicted octanol–water partition coefficient (Wildman–Crippen LogP) is 3.36. The maximum absolute atomic E-state index is 12.5. The smallest absolute Gasteiger partial charge is 0.231 e. The van der Waals surface area contributed by atoms with Gasteiger partial charge in [0.25, 0.3) is 0 Å². The van der Waals surface area contributed by atoms with Crippen molar-refractivity contribution in [2.45, 2.75) is 50.0 Å². The fraction of sp³-hybridized carbons (Fsp3) is 0.471. The number of hydrogen-bond donors (Lipinski definition) is 1. The molecule has 1 aromatic heterocycles. The highest BCUT2D eigenvalue weighted by molar-refractivity contribution is 8.00. The van der Waals surface area contributed by atoms with E-state index in [2.05, 4.69) is 28.4 Å². The second-order valence-corrected chi connectivity index (χ2v) is 7.05. The van der Waals surface area contributed by atoms with E-state index < -0.39 is 5.54 Å². The Morgan fingerprint density at radius 2 is 2.04 bits per heavy atom. The highest BCUT2D eigenvalue weighted by Crippen LogP contribution is 2.37. The van der Waals surface area contributed by atoms with Gasteiger partial charge in [-0.05, 0) is 31.4 Å². The molecule has 0 radical (unpaired) electrons. The molecule has 1 N–H and O–H groups in total. The van der Waals surface area contributed by atoms with Gasteiger partial charge in [0.2, 0.25) is 11.8 Å². The fourth-order valence-electron chi connectivity index (χ4n) is 3.04. The van der Waals surface area contributed by atoms with Crippen LogP contribution in [-0.4, -0.2) is 21.8 Å². The summed E-state index contributed by atoms with van der Waals surface area (Å²) in [7, 11) is 0. The van der Waals surface area contributed by atoms with Crippen molar-refractivity contribution in [1.29, 1.82) is 0 Å². The van der Waals surface area contributed by atoms with Gasteiger partial charge in [-0.1, -0.05) is 36.2 Å². The quantitative estimate of drug-likeness (QED) is 0.851. The van der Waals surface area contributed by atoms with Crippen molar-refractivity contribution < 1.29 is 9.32 Å². The molecule has 1 heterocycles. The van der Waals surface area contributed by atoms with Gasteiger partial charge in [-0.25, -0.2) is 0 Å². The van der Waals surface area contributed by atoms with E-state index in [1.807, 2.05) is 18.2 Å². The van der Waals surface area contributed by atoms with Crippen LogP contribution in [0.15, 0.2) is 33.7 Å². The number of thioether (sulfide) groups is 1. The van der Waals surface area contributed by atoms with Gasteiger partial charge in [-0.2, -0.15) is 4.98 Å². The molecule has 5 nitrogen and oxygen atoms in total. The third kappa shape index (κ3) is 3.58. The molecule has 1 aliphatic rings. The van der Waals surface area contributed by atoms with Crippen LogP contribution < -0.4 is 5.32 Å². The molecule has 6 heteroatoms. The first-order valence-corrected chi connectivity index (χ1v) is 8.88. The van der Waals surface area contributed by atoms with Gasteiger partial charge in [0.05, 0.1) is 5.75 Å². The average molecular weight is 331 g/mol. The molecule has 0 aliphatic heterocycles. The van der Waals surface area contributed by atoms with Crippen LogP contribution in [0.4, 0.5) is 0 Å². The van der Waals surface area contributed by atoms with Crippen LogP contribution >= 0.6 is 11.8 Å². The van der Waals surface area contributed by atoms with Crippen molar-refractivity contribution in [3.05, 3.63) is 41.5 Å². The normalized spacial score (nSPS) is 16.4. The van der Waals surface area contributed by atoms with Crippen LogP contribution in [0.3, 0.4) is 0 Å². The molecule has 1 saturated carbocycles. The van der Waals surface area contributed by atoms with Crippen molar-refractivity contribution in [2.75, 3.05) is 5.75 Å². The standard InChI is InChI=1S/C17H21N3O2S/c1-12-7-3-4-8-14(12)23-11-15(21)19-17(9-5-6-10-17)16-18-13(2)22-20-16/h3-4,7-8H,5-6,9-11H2,1-2H3,(H,19,21). The Bertz CT molecular complexity index is 693. The Labute approximate surface area is 140 Å². The van der Waals surface area contributed by atoms with E-state index in [0.29, 0.717) is 17.5 Å². The second-order valence-electron chi connectivity index (χ2n) is 6.03. The molecule has 0 bridgehead atoms. The molecule has 1 amide bonds. The van der Waals surface area contributed by atoms with Crippen LogP contribution in [-0.2, 0) is 10.3 Å². The van der Waals surface area contributed by atoms with Gasteiger partial charge in [-0.3, -0.25) is 4.79 Å². The zero-order chi connectivity index (χ0) is 16.3. The zero-order valence-electron chi connectivity index (χ0n) is 13.5. The minimum absolute atomic E-state index is 0.0163. The topological polar surface area (TPSA) is 68.0 Å². The summed E-state index contributed by atoms with van der Waals surface area (Å²) in [5, 5.41) is 7.21. The maximum atomic E-state index is 12.5. The summed E-state index contributed by atoms with van der Waals surface area (Å²) in [5.41, 5.74) is 0.732. The molecule has 2 aromatic rings. The number of amides is 1. The molecule has 1 aliphatic carbocycles.